The van der Waals surface area contributed by atoms with Gasteiger partial charge < -0.3 is 9.47 Å². The Morgan fingerprint density at radius 1 is 1.21 bits per heavy atom. The van der Waals surface area contributed by atoms with Crippen molar-refractivity contribution in [2.24, 2.45) is 0 Å². The molecule has 0 radical (unpaired) electrons. The van der Waals surface area contributed by atoms with Crippen LogP contribution in [0, 0.1) is 5.82 Å². The highest BCUT2D eigenvalue weighted by Crippen LogP contribution is 2.25. The van der Waals surface area contributed by atoms with E-state index < -0.39 is 12.1 Å². The van der Waals surface area contributed by atoms with Gasteiger partial charge in [-0.25, -0.2) is 4.39 Å². The number of nitrogens with zero attached hydrogens (tertiary/aromatic N) is 2. The van der Waals surface area contributed by atoms with Crippen molar-refractivity contribution in [2.75, 3.05) is 14.2 Å². The minimum absolute atomic E-state index is 0.0414. The summed E-state index contributed by atoms with van der Waals surface area (Å²) in [5.74, 6) is -0.471. The van der Waals surface area contributed by atoms with Crippen LogP contribution in [0.3, 0.4) is 0 Å². The predicted molar refractivity (Wildman–Crippen MR) is 69.2 cm³/mol. The van der Waals surface area contributed by atoms with E-state index in [9.17, 15) is 4.39 Å². The molecule has 0 bridgehead atoms. The third kappa shape index (κ3) is 3.07. The number of hydrogen-bond donors (Lipinski definition) is 0. The lowest BCUT2D eigenvalue weighted by atomic mass is 10.1. The fourth-order valence-corrected chi connectivity index (χ4v) is 1.86. The minimum Gasteiger partial charge on any atom is -0.352 e. The second-order valence-corrected chi connectivity index (χ2v) is 4.21. The van der Waals surface area contributed by atoms with Crippen molar-refractivity contribution in [1.82, 2.24) is 10.2 Å². The quantitative estimate of drug-likeness (QED) is 0.808. The van der Waals surface area contributed by atoms with Gasteiger partial charge in [0.1, 0.15) is 5.82 Å². The van der Waals surface area contributed by atoms with Crippen LogP contribution in [-0.2, 0) is 9.47 Å². The zero-order valence-electron chi connectivity index (χ0n) is 10.4. The number of halogens is 2. The predicted octanol–water partition coefficient (Wildman–Crippen LogP) is 3.23. The summed E-state index contributed by atoms with van der Waals surface area (Å²) in [5.41, 5.74) is 1.96. The lowest BCUT2D eigenvalue weighted by molar-refractivity contribution is -0.106. The van der Waals surface area contributed by atoms with E-state index in [2.05, 4.69) is 10.2 Å². The van der Waals surface area contributed by atoms with Crippen molar-refractivity contribution >= 4 is 11.6 Å². The molecule has 0 aliphatic heterocycles. The molecule has 1 aromatic carbocycles. The van der Waals surface area contributed by atoms with Gasteiger partial charge >= 0.3 is 0 Å². The highest BCUT2D eigenvalue weighted by molar-refractivity contribution is 6.31. The van der Waals surface area contributed by atoms with E-state index in [1.54, 1.807) is 18.3 Å². The number of hydrogen-bond acceptors (Lipinski definition) is 4. The van der Waals surface area contributed by atoms with E-state index in [1.807, 2.05) is 0 Å². The third-order valence-electron chi connectivity index (χ3n) is 2.59. The molecule has 0 saturated carbocycles. The maximum absolute atomic E-state index is 13.1. The van der Waals surface area contributed by atoms with E-state index in [0.29, 0.717) is 11.3 Å². The Kier molecular flexibility index (Phi) is 4.42. The van der Waals surface area contributed by atoms with Crippen LogP contribution in [0.2, 0.25) is 5.02 Å². The molecule has 0 aliphatic rings. The molecular formula is C13H12ClFN2O2. The molecule has 0 spiro atoms. The van der Waals surface area contributed by atoms with Gasteiger partial charge in [0.05, 0.1) is 16.9 Å². The first-order valence-corrected chi connectivity index (χ1v) is 5.87. The molecule has 4 nitrogen and oxygen atoms in total. The number of aromatic nitrogens is 2. The van der Waals surface area contributed by atoms with Crippen molar-refractivity contribution in [1.29, 1.82) is 0 Å². The van der Waals surface area contributed by atoms with Gasteiger partial charge in [-0.15, -0.1) is 0 Å². The zero-order chi connectivity index (χ0) is 13.8. The summed E-state index contributed by atoms with van der Waals surface area (Å²) in [6, 6.07) is 6.13. The molecular weight excluding hydrogens is 271 g/mol. The van der Waals surface area contributed by atoms with E-state index in [4.69, 9.17) is 21.1 Å². The lowest BCUT2D eigenvalue weighted by Gasteiger charge is -2.13. The molecule has 1 heterocycles. The highest BCUT2D eigenvalue weighted by Gasteiger charge is 2.12. The van der Waals surface area contributed by atoms with E-state index >= 15 is 0 Å². The fourth-order valence-electron chi connectivity index (χ4n) is 1.68. The average molecular weight is 283 g/mol. The second kappa shape index (κ2) is 6.06. The Hall–Kier alpha value is -1.56. The summed E-state index contributed by atoms with van der Waals surface area (Å²) in [6.45, 7) is 0. The van der Waals surface area contributed by atoms with Gasteiger partial charge in [0.15, 0.2) is 6.29 Å². The van der Waals surface area contributed by atoms with Crippen molar-refractivity contribution in [3.63, 3.8) is 0 Å². The van der Waals surface area contributed by atoms with Crippen LogP contribution >= 0.6 is 11.6 Å². The number of rotatable bonds is 4. The third-order valence-corrected chi connectivity index (χ3v) is 2.88. The molecule has 0 atom stereocenters. The summed E-state index contributed by atoms with van der Waals surface area (Å²) in [5, 5.41) is 7.91. The first-order valence-electron chi connectivity index (χ1n) is 5.49. The highest BCUT2D eigenvalue weighted by atomic mass is 35.5. The van der Waals surface area contributed by atoms with Crippen molar-refractivity contribution < 1.29 is 13.9 Å². The van der Waals surface area contributed by atoms with E-state index in [-0.39, 0.29) is 5.02 Å². The number of ether oxygens (including phenoxy) is 2. The zero-order valence-corrected chi connectivity index (χ0v) is 11.2. The SMILES string of the molecule is COC(OC)c1cnnc(-c2ccc(F)c(Cl)c2)c1. The molecule has 1 aromatic heterocycles. The summed E-state index contributed by atoms with van der Waals surface area (Å²) >= 11 is 5.75. The monoisotopic (exact) mass is 282 g/mol. The molecule has 0 amide bonds. The Bertz CT molecular complexity index is 576. The van der Waals surface area contributed by atoms with Crippen LogP contribution in [0.1, 0.15) is 11.9 Å². The second-order valence-electron chi connectivity index (χ2n) is 3.81. The van der Waals surface area contributed by atoms with Crippen LogP contribution in [0.15, 0.2) is 30.5 Å². The Morgan fingerprint density at radius 3 is 2.58 bits per heavy atom. The molecule has 2 aromatic rings. The van der Waals surface area contributed by atoms with Crippen LogP contribution in [-0.4, -0.2) is 24.4 Å². The molecule has 0 saturated heterocycles. The Balaban J connectivity index is 2.40. The average Bonchev–Trinajstić information content (AvgIpc) is 2.44. The summed E-state index contributed by atoms with van der Waals surface area (Å²) in [4.78, 5) is 0. The molecule has 6 heteroatoms. The normalized spacial score (nSPS) is 11.0. The van der Waals surface area contributed by atoms with Crippen LogP contribution in [0.5, 0.6) is 0 Å². The minimum atomic E-state index is -0.523. The van der Waals surface area contributed by atoms with Gasteiger partial charge in [-0.1, -0.05) is 11.6 Å². The van der Waals surface area contributed by atoms with Gasteiger partial charge in [0.2, 0.25) is 0 Å². The number of methoxy groups -OCH3 is 2. The van der Waals surface area contributed by atoms with Crippen LogP contribution < -0.4 is 0 Å². The first kappa shape index (κ1) is 13.9. The van der Waals surface area contributed by atoms with Crippen LogP contribution in [0.4, 0.5) is 4.39 Å². The van der Waals surface area contributed by atoms with Gasteiger partial charge in [-0.3, -0.25) is 0 Å². The topological polar surface area (TPSA) is 44.2 Å². The Labute approximate surface area is 115 Å². The van der Waals surface area contributed by atoms with Crippen LogP contribution in [0.25, 0.3) is 11.3 Å². The first-order chi connectivity index (χ1) is 9.15. The maximum Gasteiger partial charge on any atom is 0.184 e. The van der Waals surface area contributed by atoms with E-state index in [0.717, 1.165) is 5.56 Å². The molecule has 0 unspecified atom stereocenters. The van der Waals surface area contributed by atoms with Gasteiger partial charge in [-0.2, -0.15) is 10.2 Å². The summed E-state index contributed by atoms with van der Waals surface area (Å²) in [7, 11) is 3.06. The molecule has 0 N–H and O–H groups in total. The summed E-state index contributed by atoms with van der Waals surface area (Å²) < 4.78 is 23.4. The standard InChI is InChI=1S/C13H12ClFN2O2/c1-18-13(19-2)9-6-12(17-16-7-9)8-3-4-11(15)10(14)5-8/h3-7,13H,1-2H3. The Morgan fingerprint density at radius 2 is 1.95 bits per heavy atom. The molecule has 2 rings (SSSR count). The van der Waals surface area contributed by atoms with Crippen molar-refractivity contribution in [3.8, 4) is 11.3 Å². The maximum atomic E-state index is 13.1. The smallest absolute Gasteiger partial charge is 0.184 e. The molecule has 0 fully saturated rings. The van der Waals surface area contributed by atoms with E-state index in [1.165, 1.54) is 26.4 Å². The van der Waals surface area contributed by atoms with Gasteiger partial charge in [0.25, 0.3) is 0 Å². The molecule has 19 heavy (non-hydrogen) atoms. The van der Waals surface area contributed by atoms with Gasteiger partial charge in [-0.05, 0) is 24.3 Å². The van der Waals surface area contributed by atoms with Gasteiger partial charge in [0, 0.05) is 25.3 Å². The molecule has 100 valence electrons. The lowest BCUT2D eigenvalue weighted by Crippen LogP contribution is -2.05. The number of benzene rings is 1. The fraction of sp³-hybridized carbons (Fsp3) is 0.231. The van der Waals surface area contributed by atoms with Crippen molar-refractivity contribution in [2.45, 2.75) is 6.29 Å². The summed E-state index contributed by atoms with van der Waals surface area (Å²) in [6.07, 6.45) is 1.02. The molecule has 0 aliphatic carbocycles. The van der Waals surface area contributed by atoms with Crippen molar-refractivity contribution in [3.05, 3.63) is 46.9 Å². The largest absolute Gasteiger partial charge is 0.352 e.